The summed E-state index contributed by atoms with van der Waals surface area (Å²) in [5, 5.41) is 10.5. The number of halogens is 4. The second kappa shape index (κ2) is 8.20. The van der Waals surface area contributed by atoms with Crippen molar-refractivity contribution in [3.05, 3.63) is 94.7 Å². The Labute approximate surface area is 192 Å². The van der Waals surface area contributed by atoms with Gasteiger partial charge < -0.3 is 10.3 Å². The molecule has 3 aromatic heterocycles. The van der Waals surface area contributed by atoms with E-state index >= 15 is 0 Å². The van der Waals surface area contributed by atoms with Crippen molar-refractivity contribution < 1.29 is 22.4 Å². The van der Waals surface area contributed by atoms with Gasteiger partial charge in [0.1, 0.15) is 11.2 Å². The van der Waals surface area contributed by atoms with E-state index in [0.717, 1.165) is 30.5 Å². The van der Waals surface area contributed by atoms with Crippen LogP contribution in [-0.2, 0) is 6.18 Å². The zero-order valence-corrected chi connectivity index (χ0v) is 17.4. The highest BCUT2D eigenvalue weighted by Crippen LogP contribution is 2.34. The van der Waals surface area contributed by atoms with Crippen molar-refractivity contribution in [2.24, 2.45) is 0 Å². The van der Waals surface area contributed by atoms with Crippen LogP contribution in [0.15, 0.2) is 72.0 Å². The molecular weight excluding hydrogens is 470 g/mol. The SMILES string of the molecule is O=C(Nc1ccc(-n2ncc3c(=O)[nH]cnc32)cc1)c1cnn(-c2ccc(F)cc2)c1C(F)(F)F. The molecule has 13 heteroatoms. The molecule has 0 bridgehead atoms. The summed E-state index contributed by atoms with van der Waals surface area (Å²) < 4.78 is 56.6. The Hall–Kier alpha value is -4.81. The highest BCUT2D eigenvalue weighted by molar-refractivity contribution is 6.05. The van der Waals surface area contributed by atoms with Crippen LogP contribution in [0.5, 0.6) is 0 Å². The molecular formula is C22H13F4N7O2. The maximum absolute atomic E-state index is 13.8. The van der Waals surface area contributed by atoms with Gasteiger partial charge in [0.2, 0.25) is 0 Å². The van der Waals surface area contributed by atoms with Gasteiger partial charge in [0, 0.05) is 5.69 Å². The number of hydrogen-bond donors (Lipinski definition) is 2. The van der Waals surface area contributed by atoms with Crippen LogP contribution >= 0.6 is 0 Å². The summed E-state index contributed by atoms with van der Waals surface area (Å²) >= 11 is 0. The first-order chi connectivity index (χ1) is 16.7. The van der Waals surface area contributed by atoms with Crippen molar-refractivity contribution in [1.82, 2.24) is 29.5 Å². The topological polar surface area (TPSA) is 110 Å². The Morgan fingerprint density at radius 3 is 2.23 bits per heavy atom. The second-order valence-electron chi connectivity index (χ2n) is 7.32. The van der Waals surface area contributed by atoms with Gasteiger partial charge in [-0.15, -0.1) is 0 Å². The van der Waals surface area contributed by atoms with Gasteiger partial charge in [-0.1, -0.05) is 0 Å². The minimum absolute atomic E-state index is 0.0546. The zero-order valence-electron chi connectivity index (χ0n) is 17.4. The number of H-pyrrole nitrogens is 1. The number of aromatic nitrogens is 6. The third kappa shape index (κ3) is 4.03. The number of anilines is 1. The van der Waals surface area contributed by atoms with E-state index in [2.05, 4.69) is 25.5 Å². The first kappa shape index (κ1) is 22.0. The lowest BCUT2D eigenvalue weighted by atomic mass is 10.2. The van der Waals surface area contributed by atoms with Gasteiger partial charge in [0.05, 0.1) is 35.7 Å². The van der Waals surface area contributed by atoms with Crippen molar-refractivity contribution in [3.8, 4) is 11.4 Å². The molecule has 0 saturated heterocycles. The molecule has 0 atom stereocenters. The average Bonchev–Trinajstić information content (AvgIpc) is 3.46. The minimum atomic E-state index is -4.91. The maximum Gasteiger partial charge on any atom is 0.434 e. The Morgan fingerprint density at radius 2 is 1.54 bits per heavy atom. The molecule has 2 aromatic carbocycles. The quantitative estimate of drug-likeness (QED) is 0.379. The number of amides is 1. The van der Waals surface area contributed by atoms with Crippen molar-refractivity contribution in [2.75, 3.05) is 5.32 Å². The van der Waals surface area contributed by atoms with E-state index in [4.69, 9.17) is 0 Å². The summed E-state index contributed by atoms with van der Waals surface area (Å²) in [6.45, 7) is 0. The average molecular weight is 483 g/mol. The normalized spacial score (nSPS) is 11.7. The summed E-state index contributed by atoms with van der Waals surface area (Å²) in [5.41, 5.74) is -1.37. The van der Waals surface area contributed by atoms with Crippen molar-refractivity contribution in [2.45, 2.75) is 6.18 Å². The van der Waals surface area contributed by atoms with Crippen LogP contribution in [0.3, 0.4) is 0 Å². The number of carbonyl (C=O) groups excluding carboxylic acids is 1. The van der Waals surface area contributed by atoms with Crippen molar-refractivity contribution in [1.29, 1.82) is 0 Å². The summed E-state index contributed by atoms with van der Waals surface area (Å²) in [4.78, 5) is 31.1. The van der Waals surface area contributed by atoms with Crippen LogP contribution < -0.4 is 10.9 Å². The van der Waals surface area contributed by atoms with E-state index in [1.807, 2.05) is 0 Å². The number of aromatic amines is 1. The molecule has 3 heterocycles. The molecule has 0 aliphatic rings. The highest BCUT2D eigenvalue weighted by atomic mass is 19.4. The van der Waals surface area contributed by atoms with Crippen LogP contribution in [0.2, 0.25) is 0 Å². The molecule has 5 rings (SSSR count). The molecule has 0 aliphatic heterocycles. The maximum atomic E-state index is 13.8. The van der Waals surface area contributed by atoms with Gasteiger partial charge in [0.15, 0.2) is 11.3 Å². The molecule has 5 aromatic rings. The number of benzene rings is 2. The van der Waals surface area contributed by atoms with Gasteiger partial charge in [-0.05, 0) is 48.5 Å². The lowest BCUT2D eigenvalue weighted by Gasteiger charge is -2.13. The van der Waals surface area contributed by atoms with E-state index in [0.29, 0.717) is 16.0 Å². The minimum Gasteiger partial charge on any atom is -0.322 e. The fourth-order valence-electron chi connectivity index (χ4n) is 3.49. The van der Waals surface area contributed by atoms with E-state index in [9.17, 15) is 27.2 Å². The molecule has 0 radical (unpaired) electrons. The number of alkyl halides is 3. The smallest absolute Gasteiger partial charge is 0.322 e. The van der Waals surface area contributed by atoms with E-state index in [1.165, 1.54) is 29.3 Å². The molecule has 0 unspecified atom stereocenters. The van der Waals surface area contributed by atoms with E-state index in [1.54, 1.807) is 12.1 Å². The largest absolute Gasteiger partial charge is 0.434 e. The van der Waals surface area contributed by atoms with Gasteiger partial charge in [-0.25, -0.2) is 18.7 Å². The number of fused-ring (bicyclic) bond motifs is 1. The summed E-state index contributed by atoms with van der Waals surface area (Å²) in [6, 6.07) is 10.3. The second-order valence-corrected chi connectivity index (χ2v) is 7.32. The lowest BCUT2D eigenvalue weighted by molar-refractivity contribution is -0.143. The number of carbonyl (C=O) groups is 1. The van der Waals surface area contributed by atoms with Crippen LogP contribution in [0.25, 0.3) is 22.4 Å². The summed E-state index contributed by atoms with van der Waals surface area (Å²) in [5.74, 6) is -1.65. The summed E-state index contributed by atoms with van der Waals surface area (Å²) in [6.07, 6.45) is -1.52. The fourth-order valence-corrected chi connectivity index (χ4v) is 3.49. The number of nitrogens with one attached hydrogen (secondary N) is 2. The van der Waals surface area contributed by atoms with Gasteiger partial charge in [-0.3, -0.25) is 9.59 Å². The molecule has 0 saturated carbocycles. The molecule has 2 N–H and O–H groups in total. The van der Waals surface area contributed by atoms with Gasteiger partial charge in [-0.2, -0.15) is 23.4 Å². The Balaban J connectivity index is 1.43. The number of hydrogen-bond acceptors (Lipinski definition) is 5. The van der Waals surface area contributed by atoms with Crippen LogP contribution in [0, 0.1) is 5.82 Å². The third-order valence-electron chi connectivity index (χ3n) is 5.09. The van der Waals surface area contributed by atoms with Crippen molar-refractivity contribution in [3.63, 3.8) is 0 Å². The molecule has 0 aliphatic carbocycles. The molecule has 35 heavy (non-hydrogen) atoms. The fraction of sp³-hybridized carbons (Fsp3) is 0.0455. The Kier molecular flexibility index (Phi) is 5.16. The van der Waals surface area contributed by atoms with Crippen LogP contribution in [-0.4, -0.2) is 35.4 Å². The lowest BCUT2D eigenvalue weighted by Crippen LogP contribution is -2.20. The number of nitrogens with zero attached hydrogens (tertiary/aromatic N) is 5. The predicted molar refractivity (Wildman–Crippen MR) is 116 cm³/mol. The van der Waals surface area contributed by atoms with Crippen LogP contribution in [0.1, 0.15) is 16.1 Å². The van der Waals surface area contributed by atoms with Gasteiger partial charge >= 0.3 is 6.18 Å². The predicted octanol–water partition coefficient (Wildman–Crippen LogP) is 3.70. The molecule has 9 nitrogen and oxygen atoms in total. The van der Waals surface area contributed by atoms with Crippen molar-refractivity contribution >= 4 is 22.6 Å². The van der Waals surface area contributed by atoms with E-state index in [-0.39, 0.29) is 22.3 Å². The first-order valence-corrected chi connectivity index (χ1v) is 9.97. The standard InChI is InChI=1S/C22H13F4N7O2/c23-12-1-5-14(6-2-12)32-18(22(24,25)26)16(9-29-32)21(35)31-13-3-7-15(8-4-13)33-19-17(10-30-33)20(34)28-11-27-19/h1-11H,(H,31,35)(H,27,28,34). The van der Waals surface area contributed by atoms with E-state index < -0.39 is 29.2 Å². The van der Waals surface area contributed by atoms with Gasteiger partial charge in [0.25, 0.3) is 11.5 Å². The molecule has 176 valence electrons. The summed E-state index contributed by atoms with van der Waals surface area (Å²) in [7, 11) is 0. The highest BCUT2D eigenvalue weighted by Gasteiger charge is 2.40. The number of rotatable bonds is 4. The first-order valence-electron chi connectivity index (χ1n) is 9.97. The molecule has 0 spiro atoms. The third-order valence-corrected chi connectivity index (χ3v) is 5.09. The van der Waals surface area contributed by atoms with Crippen LogP contribution in [0.4, 0.5) is 23.2 Å². The Bertz CT molecular complexity index is 1600. The zero-order chi connectivity index (χ0) is 24.7. The Morgan fingerprint density at radius 1 is 0.914 bits per heavy atom. The molecule has 1 amide bonds. The molecule has 0 fully saturated rings. The monoisotopic (exact) mass is 483 g/mol.